The molecule has 2 rings (SSSR count). The first-order valence-electron chi connectivity index (χ1n) is 7.06. The molecule has 0 radical (unpaired) electrons. The lowest BCUT2D eigenvalue weighted by Crippen LogP contribution is -2.48. The zero-order valence-electron chi connectivity index (χ0n) is 12.4. The maximum atomic E-state index is 12.6. The van der Waals surface area contributed by atoms with Gasteiger partial charge in [0, 0.05) is 25.7 Å². The molecule has 1 aliphatic heterocycles. The third-order valence-corrected chi connectivity index (χ3v) is 3.71. The average Bonchev–Trinajstić information content (AvgIpc) is 2.86. The number of carbonyl (C=O) groups excluding carboxylic acids is 1. The third kappa shape index (κ3) is 3.16. The van der Waals surface area contributed by atoms with Crippen LogP contribution in [0, 0.1) is 0 Å². The van der Waals surface area contributed by atoms with Crippen molar-refractivity contribution in [3.05, 3.63) is 29.8 Å². The number of carboxylic acid groups (broad SMARTS) is 1. The van der Waals surface area contributed by atoms with Crippen LogP contribution in [0.5, 0.6) is 0 Å². The van der Waals surface area contributed by atoms with Gasteiger partial charge in [-0.05, 0) is 31.6 Å². The molecule has 1 heterocycles. The van der Waals surface area contributed by atoms with Gasteiger partial charge in [0.15, 0.2) is 0 Å². The molecule has 0 bridgehead atoms. The Balaban J connectivity index is 2.18. The number of nitrogens with one attached hydrogen (secondary N) is 1. The Labute approximate surface area is 124 Å². The van der Waals surface area contributed by atoms with Crippen molar-refractivity contribution in [1.82, 2.24) is 10.2 Å². The van der Waals surface area contributed by atoms with E-state index in [1.165, 1.54) is 4.90 Å². The summed E-state index contributed by atoms with van der Waals surface area (Å²) in [5.41, 5.74) is 1.61. The van der Waals surface area contributed by atoms with Crippen LogP contribution in [0.2, 0.25) is 0 Å². The van der Waals surface area contributed by atoms with Crippen molar-refractivity contribution in [1.29, 1.82) is 0 Å². The first kappa shape index (κ1) is 15.3. The summed E-state index contributed by atoms with van der Waals surface area (Å²) in [6.45, 7) is 1.40. The van der Waals surface area contributed by atoms with Gasteiger partial charge in [-0.2, -0.15) is 0 Å². The number of carboxylic acids is 1. The molecule has 1 atom stereocenters. The molecule has 1 aromatic rings. The molecule has 0 saturated heterocycles. The fraction of sp³-hybridized carbons (Fsp3) is 0.467. The first-order chi connectivity index (χ1) is 10.1. The molecule has 2 N–H and O–H groups in total. The SMILES string of the molecule is CNCCCN(C)C(=O)N1c2ccccc2C[C@H]1C(=O)O. The average molecular weight is 291 g/mol. The van der Waals surface area contributed by atoms with E-state index < -0.39 is 12.0 Å². The number of urea groups is 1. The molecule has 1 aliphatic rings. The van der Waals surface area contributed by atoms with Crippen molar-refractivity contribution < 1.29 is 14.7 Å². The normalized spacial score (nSPS) is 16.7. The Bertz CT molecular complexity index is 533. The third-order valence-electron chi connectivity index (χ3n) is 3.71. The summed E-state index contributed by atoms with van der Waals surface area (Å²) in [4.78, 5) is 27.0. The maximum absolute atomic E-state index is 12.6. The Hall–Kier alpha value is -2.08. The van der Waals surface area contributed by atoms with Crippen LogP contribution in [0.1, 0.15) is 12.0 Å². The van der Waals surface area contributed by atoms with E-state index in [0.717, 1.165) is 18.5 Å². The van der Waals surface area contributed by atoms with Crippen molar-refractivity contribution in [2.75, 3.05) is 32.1 Å². The van der Waals surface area contributed by atoms with E-state index >= 15 is 0 Å². The summed E-state index contributed by atoms with van der Waals surface area (Å²) in [5, 5.41) is 12.4. The highest BCUT2D eigenvalue weighted by atomic mass is 16.4. The number of anilines is 1. The minimum absolute atomic E-state index is 0.261. The number of fused-ring (bicyclic) bond motifs is 1. The zero-order chi connectivity index (χ0) is 15.4. The van der Waals surface area contributed by atoms with Crippen molar-refractivity contribution in [3.63, 3.8) is 0 Å². The molecule has 0 saturated carbocycles. The molecule has 1 aromatic carbocycles. The van der Waals surface area contributed by atoms with E-state index in [0.29, 0.717) is 18.7 Å². The van der Waals surface area contributed by atoms with E-state index in [4.69, 9.17) is 0 Å². The summed E-state index contributed by atoms with van der Waals surface area (Å²) >= 11 is 0. The van der Waals surface area contributed by atoms with E-state index in [9.17, 15) is 14.7 Å². The van der Waals surface area contributed by atoms with Gasteiger partial charge in [-0.15, -0.1) is 0 Å². The van der Waals surface area contributed by atoms with E-state index in [2.05, 4.69) is 5.32 Å². The van der Waals surface area contributed by atoms with E-state index in [-0.39, 0.29) is 6.03 Å². The highest BCUT2D eigenvalue weighted by Gasteiger charge is 2.39. The van der Waals surface area contributed by atoms with Gasteiger partial charge < -0.3 is 15.3 Å². The zero-order valence-corrected chi connectivity index (χ0v) is 12.4. The predicted molar refractivity (Wildman–Crippen MR) is 80.6 cm³/mol. The topological polar surface area (TPSA) is 72.9 Å². The Morgan fingerprint density at radius 3 is 2.81 bits per heavy atom. The second-order valence-electron chi connectivity index (χ2n) is 5.22. The number of carbonyl (C=O) groups is 2. The Morgan fingerprint density at radius 2 is 2.14 bits per heavy atom. The summed E-state index contributed by atoms with van der Waals surface area (Å²) in [6, 6.07) is 6.29. The molecule has 0 aliphatic carbocycles. The summed E-state index contributed by atoms with van der Waals surface area (Å²) < 4.78 is 0. The second kappa shape index (κ2) is 6.58. The molecular formula is C15H21N3O3. The fourth-order valence-electron chi connectivity index (χ4n) is 2.59. The molecule has 2 amide bonds. The summed E-state index contributed by atoms with van der Waals surface area (Å²) in [7, 11) is 3.57. The minimum Gasteiger partial charge on any atom is -0.480 e. The van der Waals surface area contributed by atoms with Crippen LogP contribution in [-0.4, -0.2) is 55.2 Å². The van der Waals surface area contributed by atoms with Crippen molar-refractivity contribution in [3.8, 4) is 0 Å². The van der Waals surface area contributed by atoms with Gasteiger partial charge in [0.1, 0.15) is 6.04 Å². The van der Waals surface area contributed by atoms with Crippen LogP contribution in [0.4, 0.5) is 10.5 Å². The minimum atomic E-state index is -0.969. The van der Waals surface area contributed by atoms with E-state index in [1.807, 2.05) is 25.2 Å². The molecule has 0 unspecified atom stereocenters. The number of para-hydroxylation sites is 1. The van der Waals surface area contributed by atoms with Crippen LogP contribution >= 0.6 is 0 Å². The summed E-state index contributed by atoms with van der Waals surface area (Å²) in [5.74, 6) is -0.969. The fourth-order valence-corrected chi connectivity index (χ4v) is 2.59. The van der Waals surface area contributed by atoms with Crippen LogP contribution in [0.15, 0.2) is 24.3 Å². The highest BCUT2D eigenvalue weighted by molar-refractivity contribution is 6.00. The number of aliphatic carboxylic acids is 1. The van der Waals surface area contributed by atoms with Gasteiger partial charge in [0.25, 0.3) is 0 Å². The molecule has 0 aromatic heterocycles. The van der Waals surface area contributed by atoms with E-state index in [1.54, 1.807) is 18.0 Å². The molecule has 0 spiro atoms. The maximum Gasteiger partial charge on any atom is 0.327 e. The second-order valence-corrected chi connectivity index (χ2v) is 5.22. The number of nitrogens with zero attached hydrogens (tertiary/aromatic N) is 2. The number of amides is 2. The number of benzene rings is 1. The lowest BCUT2D eigenvalue weighted by atomic mass is 10.1. The van der Waals surface area contributed by atoms with Gasteiger partial charge in [0.05, 0.1) is 0 Å². The van der Waals surface area contributed by atoms with Crippen molar-refractivity contribution in [2.45, 2.75) is 18.9 Å². The van der Waals surface area contributed by atoms with Gasteiger partial charge >= 0.3 is 12.0 Å². The quantitative estimate of drug-likeness (QED) is 0.799. The molecule has 6 heteroatoms. The Morgan fingerprint density at radius 1 is 1.43 bits per heavy atom. The highest BCUT2D eigenvalue weighted by Crippen LogP contribution is 2.32. The molecule has 6 nitrogen and oxygen atoms in total. The lowest BCUT2D eigenvalue weighted by molar-refractivity contribution is -0.138. The van der Waals surface area contributed by atoms with Crippen LogP contribution in [0.25, 0.3) is 0 Å². The Kier molecular flexibility index (Phi) is 4.80. The number of hydrogen-bond acceptors (Lipinski definition) is 3. The van der Waals surface area contributed by atoms with Crippen LogP contribution in [0.3, 0.4) is 0 Å². The lowest BCUT2D eigenvalue weighted by Gasteiger charge is -2.28. The molecular weight excluding hydrogens is 270 g/mol. The predicted octanol–water partition coefficient (Wildman–Crippen LogP) is 1.16. The monoisotopic (exact) mass is 291 g/mol. The molecule has 0 fully saturated rings. The van der Waals surface area contributed by atoms with Gasteiger partial charge in [-0.1, -0.05) is 18.2 Å². The largest absolute Gasteiger partial charge is 0.480 e. The van der Waals surface area contributed by atoms with Gasteiger partial charge in [0.2, 0.25) is 0 Å². The molecule has 21 heavy (non-hydrogen) atoms. The van der Waals surface area contributed by atoms with Crippen molar-refractivity contribution >= 4 is 17.7 Å². The van der Waals surface area contributed by atoms with Crippen LogP contribution in [-0.2, 0) is 11.2 Å². The first-order valence-corrected chi connectivity index (χ1v) is 7.06. The van der Waals surface area contributed by atoms with Gasteiger partial charge in [-0.3, -0.25) is 4.90 Å². The summed E-state index contributed by atoms with van der Waals surface area (Å²) in [6.07, 6.45) is 1.19. The van der Waals surface area contributed by atoms with Gasteiger partial charge in [-0.25, -0.2) is 9.59 Å². The van der Waals surface area contributed by atoms with Crippen LogP contribution < -0.4 is 10.2 Å². The smallest absolute Gasteiger partial charge is 0.327 e. The number of rotatable bonds is 5. The van der Waals surface area contributed by atoms with Crippen molar-refractivity contribution in [2.24, 2.45) is 0 Å². The molecule has 114 valence electrons. The number of hydrogen-bond donors (Lipinski definition) is 2. The standard InChI is InChI=1S/C15H21N3O3/c1-16-8-5-9-17(2)15(21)18-12-7-4-3-6-11(12)10-13(18)14(19)20/h3-4,6-7,13,16H,5,8-10H2,1-2H3,(H,19,20)/t13-/m0/s1.